The van der Waals surface area contributed by atoms with E-state index in [0.717, 1.165) is 31.8 Å². The maximum Gasteiger partial charge on any atom is 0.0443 e. The zero-order valence-corrected chi connectivity index (χ0v) is 8.89. The number of unbranched alkanes of at least 4 members (excludes halogenated alkanes) is 1. The van der Waals surface area contributed by atoms with E-state index < -0.39 is 0 Å². The van der Waals surface area contributed by atoms with Gasteiger partial charge in [-0.2, -0.15) is 12.6 Å². The van der Waals surface area contributed by atoms with Gasteiger partial charge in [-0.05, 0) is 38.1 Å². The Morgan fingerprint density at radius 2 is 1.83 bits per heavy atom. The average Bonchev–Trinajstić information content (AvgIpc) is 2.11. The maximum absolute atomic E-state index is 8.64. The van der Waals surface area contributed by atoms with E-state index in [2.05, 4.69) is 24.5 Å². The fraction of sp³-hybridized carbons (Fsp3) is 1.00. The monoisotopic (exact) mass is 191 g/mol. The predicted molar refractivity (Wildman–Crippen MR) is 56.9 cm³/mol. The van der Waals surface area contributed by atoms with Crippen molar-refractivity contribution >= 4 is 12.6 Å². The number of aliphatic hydroxyl groups excluding tert-OH is 1. The first-order valence-electron chi connectivity index (χ1n) is 4.79. The molecule has 0 saturated carbocycles. The van der Waals surface area contributed by atoms with Gasteiger partial charge in [0.05, 0.1) is 0 Å². The van der Waals surface area contributed by atoms with Crippen molar-refractivity contribution in [3.05, 3.63) is 0 Å². The van der Waals surface area contributed by atoms with E-state index in [1.54, 1.807) is 0 Å². The molecule has 0 fully saturated rings. The van der Waals surface area contributed by atoms with E-state index in [-0.39, 0.29) is 0 Å². The number of thiol groups is 1. The molecule has 0 saturated heterocycles. The first-order chi connectivity index (χ1) is 5.85. The molecule has 2 nitrogen and oxygen atoms in total. The molecular formula is C9H21NOS. The first kappa shape index (κ1) is 12.3. The van der Waals surface area contributed by atoms with Gasteiger partial charge in [-0.1, -0.05) is 6.92 Å². The van der Waals surface area contributed by atoms with Crippen LogP contribution in [0.2, 0.25) is 0 Å². The van der Waals surface area contributed by atoms with E-state index in [0.29, 0.717) is 6.61 Å². The molecule has 0 aliphatic rings. The van der Waals surface area contributed by atoms with Gasteiger partial charge in [0.1, 0.15) is 0 Å². The molecule has 0 radical (unpaired) electrons. The van der Waals surface area contributed by atoms with Gasteiger partial charge in [0.2, 0.25) is 0 Å². The van der Waals surface area contributed by atoms with Gasteiger partial charge in [-0.15, -0.1) is 0 Å². The molecule has 0 amide bonds. The van der Waals surface area contributed by atoms with Crippen LogP contribution in [0, 0.1) is 0 Å². The van der Waals surface area contributed by atoms with Crippen molar-refractivity contribution < 1.29 is 5.11 Å². The Labute approximate surface area is 81.4 Å². The molecule has 0 aromatic rings. The summed E-state index contributed by atoms with van der Waals surface area (Å²) < 4.78 is 0. The summed E-state index contributed by atoms with van der Waals surface area (Å²) in [7, 11) is 0. The minimum atomic E-state index is 0.309. The standard InChI is InChI=1S/C9H21NOS/c1-2-10(7-5-8-11)6-3-4-9-12/h11-12H,2-9H2,1H3. The fourth-order valence-electron chi connectivity index (χ4n) is 1.17. The van der Waals surface area contributed by atoms with Crippen LogP contribution >= 0.6 is 12.6 Å². The van der Waals surface area contributed by atoms with Crippen molar-refractivity contribution in [2.45, 2.75) is 26.2 Å². The van der Waals surface area contributed by atoms with Gasteiger partial charge in [0, 0.05) is 13.2 Å². The summed E-state index contributed by atoms with van der Waals surface area (Å²) in [5.74, 6) is 0.984. The van der Waals surface area contributed by atoms with Gasteiger partial charge >= 0.3 is 0 Å². The molecule has 12 heavy (non-hydrogen) atoms. The minimum absolute atomic E-state index is 0.309. The lowest BCUT2D eigenvalue weighted by atomic mass is 10.3. The molecule has 74 valence electrons. The zero-order valence-electron chi connectivity index (χ0n) is 8.00. The Morgan fingerprint density at radius 3 is 2.33 bits per heavy atom. The van der Waals surface area contributed by atoms with Gasteiger partial charge in [-0.25, -0.2) is 0 Å². The molecule has 1 N–H and O–H groups in total. The Kier molecular flexibility index (Phi) is 9.57. The van der Waals surface area contributed by atoms with E-state index >= 15 is 0 Å². The van der Waals surface area contributed by atoms with E-state index in [4.69, 9.17) is 5.11 Å². The molecule has 0 aliphatic heterocycles. The number of hydrogen-bond donors (Lipinski definition) is 2. The lowest BCUT2D eigenvalue weighted by molar-refractivity contribution is 0.228. The summed E-state index contributed by atoms with van der Waals surface area (Å²) in [5, 5.41) is 8.64. The van der Waals surface area contributed by atoms with E-state index in [9.17, 15) is 0 Å². The molecule has 0 aromatic carbocycles. The van der Waals surface area contributed by atoms with Crippen molar-refractivity contribution in [2.75, 3.05) is 32.0 Å². The van der Waals surface area contributed by atoms with Crippen LogP contribution in [0.1, 0.15) is 26.2 Å². The van der Waals surface area contributed by atoms with Gasteiger partial charge in [0.15, 0.2) is 0 Å². The molecule has 0 spiro atoms. The van der Waals surface area contributed by atoms with Crippen molar-refractivity contribution in [3.8, 4) is 0 Å². The summed E-state index contributed by atoms with van der Waals surface area (Å²) in [6.45, 7) is 5.74. The third kappa shape index (κ3) is 6.95. The molecule has 3 heteroatoms. The second-order valence-electron chi connectivity index (χ2n) is 2.94. The lowest BCUT2D eigenvalue weighted by Gasteiger charge is -2.19. The molecule has 0 unspecified atom stereocenters. The Balaban J connectivity index is 3.26. The number of aliphatic hydroxyl groups is 1. The Hall–Kier alpha value is 0.270. The summed E-state index contributed by atoms with van der Waals surface area (Å²) in [6.07, 6.45) is 3.32. The van der Waals surface area contributed by atoms with E-state index in [1.165, 1.54) is 12.8 Å². The highest BCUT2D eigenvalue weighted by molar-refractivity contribution is 7.80. The summed E-state index contributed by atoms with van der Waals surface area (Å²) in [6, 6.07) is 0. The Morgan fingerprint density at radius 1 is 1.17 bits per heavy atom. The Bertz CT molecular complexity index is 90.6. The van der Waals surface area contributed by atoms with Crippen molar-refractivity contribution in [2.24, 2.45) is 0 Å². The van der Waals surface area contributed by atoms with Crippen LogP contribution in [0.5, 0.6) is 0 Å². The fourth-order valence-corrected chi connectivity index (χ4v) is 1.39. The SMILES string of the molecule is CCN(CCCO)CCCCS. The predicted octanol–water partition coefficient (Wildman–Crippen LogP) is 1.40. The van der Waals surface area contributed by atoms with Crippen LogP contribution in [-0.4, -0.2) is 42.0 Å². The highest BCUT2D eigenvalue weighted by Crippen LogP contribution is 1.97. The second kappa shape index (κ2) is 9.36. The molecule has 0 aromatic heterocycles. The lowest BCUT2D eigenvalue weighted by Crippen LogP contribution is -2.26. The molecule has 0 atom stereocenters. The molecule has 0 heterocycles. The summed E-state index contributed by atoms with van der Waals surface area (Å²) in [4.78, 5) is 2.37. The summed E-state index contributed by atoms with van der Waals surface area (Å²) in [5.41, 5.74) is 0. The van der Waals surface area contributed by atoms with Gasteiger partial charge < -0.3 is 10.0 Å². The first-order valence-corrected chi connectivity index (χ1v) is 5.42. The third-order valence-corrected chi connectivity index (χ3v) is 2.28. The topological polar surface area (TPSA) is 23.5 Å². The molecular weight excluding hydrogens is 170 g/mol. The number of nitrogens with zero attached hydrogens (tertiary/aromatic N) is 1. The quantitative estimate of drug-likeness (QED) is 0.447. The van der Waals surface area contributed by atoms with Crippen LogP contribution in [0.4, 0.5) is 0 Å². The second-order valence-corrected chi connectivity index (χ2v) is 3.39. The van der Waals surface area contributed by atoms with Crippen molar-refractivity contribution in [3.63, 3.8) is 0 Å². The van der Waals surface area contributed by atoms with Gasteiger partial charge in [0.25, 0.3) is 0 Å². The number of hydrogen-bond acceptors (Lipinski definition) is 3. The van der Waals surface area contributed by atoms with Crippen LogP contribution in [-0.2, 0) is 0 Å². The molecule has 0 rings (SSSR count). The summed E-state index contributed by atoms with van der Waals surface area (Å²) >= 11 is 4.16. The van der Waals surface area contributed by atoms with Crippen molar-refractivity contribution in [1.82, 2.24) is 4.90 Å². The smallest absolute Gasteiger partial charge is 0.0443 e. The normalized spacial score (nSPS) is 11.0. The van der Waals surface area contributed by atoms with E-state index in [1.807, 2.05) is 0 Å². The van der Waals surface area contributed by atoms with Gasteiger partial charge in [-0.3, -0.25) is 0 Å². The maximum atomic E-state index is 8.64. The third-order valence-electron chi connectivity index (χ3n) is 1.96. The van der Waals surface area contributed by atoms with Crippen LogP contribution < -0.4 is 0 Å². The highest BCUT2D eigenvalue weighted by Gasteiger charge is 1.99. The van der Waals surface area contributed by atoms with Crippen LogP contribution in [0.3, 0.4) is 0 Å². The highest BCUT2D eigenvalue weighted by atomic mass is 32.1. The number of rotatable bonds is 8. The molecule has 0 bridgehead atoms. The molecule has 0 aliphatic carbocycles. The largest absolute Gasteiger partial charge is 0.396 e. The average molecular weight is 191 g/mol. The van der Waals surface area contributed by atoms with Crippen LogP contribution in [0.25, 0.3) is 0 Å². The van der Waals surface area contributed by atoms with Crippen LogP contribution in [0.15, 0.2) is 0 Å². The zero-order chi connectivity index (χ0) is 9.23. The van der Waals surface area contributed by atoms with Crippen molar-refractivity contribution in [1.29, 1.82) is 0 Å². The minimum Gasteiger partial charge on any atom is -0.396 e.